The number of likely N-dealkylation sites (tertiary alicyclic amines) is 1. The Bertz CT molecular complexity index is 205. The number of nitrogens with zero attached hydrogens (tertiary/aromatic N) is 1. The maximum atomic E-state index is 3.56. The van der Waals surface area contributed by atoms with Crippen molar-refractivity contribution in [2.75, 3.05) is 19.6 Å². The molecule has 2 nitrogen and oxygen atoms in total. The molecule has 0 amide bonds. The number of hydrogen-bond acceptors (Lipinski definition) is 2. The lowest BCUT2D eigenvalue weighted by Gasteiger charge is -2.38. The van der Waals surface area contributed by atoms with Crippen molar-refractivity contribution in [1.29, 1.82) is 0 Å². The lowest BCUT2D eigenvalue weighted by Crippen LogP contribution is -2.45. The number of hydrogen-bond donors (Lipinski definition) is 1. The Morgan fingerprint density at radius 3 is 2.60 bits per heavy atom. The van der Waals surface area contributed by atoms with Crippen LogP contribution in [0.2, 0.25) is 0 Å². The van der Waals surface area contributed by atoms with Gasteiger partial charge in [0.1, 0.15) is 0 Å². The smallest absolute Gasteiger partial charge is 0.00796 e. The van der Waals surface area contributed by atoms with Gasteiger partial charge in [-0.3, -0.25) is 0 Å². The van der Waals surface area contributed by atoms with Gasteiger partial charge in [0.15, 0.2) is 0 Å². The second-order valence-corrected chi connectivity index (χ2v) is 5.78. The topological polar surface area (TPSA) is 15.3 Å². The van der Waals surface area contributed by atoms with Crippen LogP contribution in [0.25, 0.3) is 0 Å². The third-order valence-corrected chi connectivity index (χ3v) is 4.40. The van der Waals surface area contributed by atoms with Gasteiger partial charge < -0.3 is 10.2 Å². The Labute approximate surface area is 94.4 Å². The van der Waals surface area contributed by atoms with Crippen LogP contribution in [-0.4, -0.2) is 36.6 Å². The number of piperidine rings is 1. The van der Waals surface area contributed by atoms with Crippen molar-refractivity contribution in [2.24, 2.45) is 11.8 Å². The van der Waals surface area contributed by atoms with Gasteiger partial charge in [-0.15, -0.1) is 0 Å². The first-order chi connectivity index (χ1) is 7.16. The average Bonchev–Trinajstić information content (AvgIpc) is 2.58. The minimum Gasteiger partial charge on any atom is -0.314 e. The molecule has 88 valence electrons. The van der Waals surface area contributed by atoms with E-state index in [1.165, 1.54) is 38.9 Å². The van der Waals surface area contributed by atoms with Crippen LogP contribution in [0.3, 0.4) is 0 Å². The van der Waals surface area contributed by atoms with E-state index in [0.29, 0.717) is 0 Å². The van der Waals surface area contributed by atoms with Crippen LogP contribution in [0.5, 0.6) is 0 Å². The predicted octanol–water partition coefficient (Wildman–Crippen LogP) is 2.10. The van der Waals surface area contributed by atoms with E-state index >= 15 is 0 Å². The Hall–Kier alpha value is -0.0800. The average molecular weight is 210 g/mol. The maximum Gasteiger partial charge on any atom is 0.00796 e. The molecule has 0 aromatic rings. The second-order valence-electron chi connectivity index (χ2n) is 5.78. The van der Waals surface area contributed by atoms with Crippen molar-refractivity contribution in [1.82, 2.24) is 10.2 Å². The predicted molar refractivity (Wildman–Crippen MR) is 65.0 cm³/mol. The van der Waals surface area contributed by atoms with Crippen molar-refractivity contribution in [3.05, 3.63) is 0 Å². The van der Waals surface area contributed by atoms with Crippen molar-refractivity contribution < 1.29 is 0 Å². The van der Waals surface area contributed by atoms with Gasteiger partial charge in [-0.2, -0.15) is 0 Å². The molecule has 2 rings (SSSR count). The molecule has 2 aliphatic heterocycles. The first-order valence-electron chi connectivity index (χ1n) is 6.64. The molecule has 15 heavy (non-hydrogen) atoms. The van der Waals surface area contributed by atoms with Crippen LogP contribution in [-0.2, 0) is 0 Å². The fraction of sp³-hybridized carbons (Fsp3) is 1.00. The molecule has 0 aromatic carbocycles. The molecule has 4 unspecified atom stereocenters. The SMILES string of the molecule is CC1CCC(C)N(CC2CCNC2C)C1. The monoisotopic (exact) mass is 210 g/mol. The Balaban J connectivity index is 1.86. The zero-order valence-corrected chi connectivity index (χ0v) is 10.5. The van der Waals surface area contributed by atoms with Gasteiger partial charge in [-0.25, -0.2) is 0 Å². The van der Waals surface area contributed by atoms with E-state index in [2.05, 4.69) is 31.0 Å². The molecule has 1 N–H and O–H groups in total. The summed E-state index contributed by atoms with van der Waals surface area (Å²) in [4.78, 5) is 2.72. The Morgan fingerprint density at radius 2 is 1.93 bits per heavy atom. The largest absolute Gasteiger partial charge is 0.314 e. The van der Waals surface area contributed by atoms with Crippen LogP contribution >= 0.6 is 0 Å². The van der Waals surface area contributed by atoms with Gasteiger partial charge >= 0.3 is 0 Å². The van der Waals surface area contributed by atoms with Crippen molar-refractivity contribution in [3.63, 3.8) is 0 Å². The summed E-state index contributed by atoms with van der Waals surface area (Å²) in [5.41, 5.74) is 0. The van der Waals surface area contributed by atoms with Gasteiger partial charge in [0.2, 0.25) is 0 Å². The van der Waals surface area contributed by atoms with Gasteiger partial charge in [0, 0.05) is 25.2 Å². The summed E-state index contributed by atoms with van der Waals surface area (Å²) in [7, 11) is 0. The standard InChI is InChI=1S/C13H26N2/c1-10-4-5-11(2)15(8-10)9-13-6-7-14-12(13)3/h10-14H,4-9H2,1-3H3. The highest BCUT2D eigenvalue weighted by Gasteiger charge is 2.29. The molecule has 2 heteroatoms. The fourth-order valence-corrected chi connectivity index (χ4v) is 3.10. The minimum absolute atomic E-state index is 0.731. The molecule has 0 bridgehead atoms. The zero-order valence-electron chi connectivity index (χ0n) is 10.5. The van der Waals surface area contributed by atoms with Crippen LogP contribution in [0, 0.1) is 11.8 Å². The van der Waals surface area contributed by atoms with Gasteiger partial charge in [-0.05, 0) is 51.5 Å². The lowest BCUT2D eigenvalue weighted by molar-refractivity contribution is 0.103. The highest BCUT2D eigenvalue weighted by Crippen LogP contribution is 2.25. The summed E-state index contributed by atoms with van der Waals surface area (Å²) in [6.07, 6.45) is 4.20. The molecule has 2 aliphatic rings. The number of rotatable bonds is 2. The summed E-state index contributed by atoms with van der Waals surface area (Å²) < 4.78 is 0. The molecule has 0 radical (unpaired) electrons. The van der Waals surface area contributed by atoms with Crippen molar-refractivity contribution in [2.45, 2.75) is 52.1 Å². The Morgan fingerprint density at radius 1 is 1.13 bits per heavy atom. The van der Waals surface area contributed by atoms with E-state index in [9.17, 15) is 0 Å². The molecule has 0 saturated carbocycles. The summed E-state index contributed by atoms with van der Waals surface area (Å²) in [5, 5.41) is 3.56. The summed E-state index contributed by atoms with van der Waals surface area (Å²) in [6, 6.07) is 1.54. The van der Waals surface area contributed by atoms with E-state index in [-0.39, 0.29) is 0 Å². The van der Waals surface area contributed by atoms with Gasteiger partial charge in [0.25, 0.3) is 0 Å². The van der Waals surface area contributed by atoms with Crippen LogP contribution in [0.4, 0.5) is 0 Å². The van der Waals surface area contributed by atoms with Crippen LogP contribution in [0.1, 0.15) is 40.0 Å². The van der Waals surface area contributed by atoms with E-state index in [0.717, 1.165) is 23.9 Å². The maximum absolute atomic E-state index is 3.56. The summed E-state index contributed by atoms with van der Waals surface area (Å²) in [5.74, 6) is 1.80. The fourth-order valence-electron chi connectivity index (χ4n) is 3.10. The molecule has 0 aliphatic carbocycles. The molecule has 2 saturated heterocycles. The number of nitrogens with one attached hydrogen (secondary N) is 1. The van der Waals surface area contributed by atoms with Crippen molar-refractivity contribution >= 4 is 0 Å². The highest BCUT2D eigenvalue weighted by molar-refractivity contribution is 4.86. The molecular formula is C13H26N2. The van der Waals surface area contributed by atoms with E-state index < -0.39 is 0 Å². The molecule has 2 fully saturated rings. The van der Waals surface area contributed by atoms with Crippen molar-refractivity contribution in [3.8, 4) is 0 Å². The highest BCUT2D eigenvalue weighted by atomic mass is 15.2. The van der Waals surface area contributed by atoms with E-state index in [1.54, 1.807) is 0 Å². The third-order valence-electron chi connectivity index (χ3n) is 4.40. The van der Waals surface area contributed by atoms with E-state index in [4.69, 9.17) is 0 Å². The van der Waals surface area contributed by atoms with E-state index in [1.807, 2.05) is 0 Å². The summed E-state index contributed by atoms with van der Waals surface area (Å²) >= 11 is 0. The second kappa shape index (κ2) is 4.84. The molecular weight excluding hydrogens is 184 g/mol. The van der Waals surface area contributed by atoms with Crippen LogP contribution < -0.4 is 5.32 Å². The Kier molecular flexibility index (Phi) is 3.68. The minimum atomic E-state index is 0.731. The summed E-state index contributed by atoms with van der Waals surface area (Å²) in [6.45, 7) is 11.0. The normalized spacial score (nSPS) is 43.4. The molecule has 0 aromatic heterocycles. The quantitative estimate of drug-likeness (QED) is 0.751. The third kappa shape index (κ3) is 2.73. The first kappa shape index (κ1) is 11.4. The molecule has 0 spiro atoms. The van der Waals surface area contributed by atoms with Gasteiger partial charge in [-0.1, -0.05) is 6.92 Å². The molecule has 2 heterocycles. The lowest BCUT2D eigenvalue weighted by atomic mass is 9.92. The molecule has 4 atom stereocenters. The zero-order chi connectivity index (χ0) is 10.8. The van der Waals surface area contributed by atoms with Crippen LogP contribution in [0.15, 0.2) is 0 Å². The first-order valence-corrected chi connectivity index (χ1v) is 6.64. The van der Waals surface area contributed by atoms with Gasteiger partial charge in [0.05, 0.1) is 0 Å².